The smallest absolute Gasteiger partial charge is 0.135 e. The number of nitrogens with one attached hydrogen (secondary N) is 1. The SMILES string of the molecule is CC(C)(C)c1[nH]ncc1/C=C(\C#N)c1nc2ccccc2s1. The Balaban J connectivity index is 2.08. The van der Waals surface area contributed by atoms with Gasteiger partial charge >= 0.3 is 0 Å². The Morgan fingerprint density at radius 1 is 1.32 bits per heavy atom. The minimum absolute atomic E-state index is 0.0590. The van der Waals surface area contributed by atoms with Crippen molar-refractivity contribution in [3.63, 3.8) is 0 Å². The number of allylic oxidation sites excluding steroid dienone is 1. The molecule has 0 unspecified atom stereocenters. The van der Waals surface area contributed by atoms with Crippen molar-refractivity contribution < 1.29 is 0 Å². The first kappa shape index (κ1) is 14.5. The van der Waals surface area contributed by atoms with Crippen molar-refractivity contribution in [2.45, 2.75) is 26.2 Å². The van der Waals surface area contributed by atoms with Gasteiger partial charge in [0.2, 0.25) is 0 Å². The first-order chi connectivity index (χ1) is 10.5. The van der Waals surface area contributed by atoms with Crippen molar-refractivity contribution in [3.05, 3.63) is 46.7 Å². The molecule has 0 bridgehead atoms. The third-order valence-corrected chi connectivity index (χ3v) is 4.43. The minimum atomic E-state index is -0.0590. The van der Waals surface area contributed by atoms with Crippen LogP contribution in [0.5, 0.6) is 0 Å². The molecule has 0 spiro atoms. The molecule has 0 amide bonds. The maximum atomic E-state index is 9.51. The molecule has 0 fully saturated rings. The van der Waals surface area contributed by atoms with Gasteiger partial charge in [-0.1, -0.05) is 32.9 Å². The molecule has 0 aliphatic rings. The summed E-state index contributed by atoms with van der Waals surface area (Å²) in [5.74, 6) is 0. The lowest BCUT2D eigenvalue weighted by atomic mass is 9.89. The summed E-state index contributed by atoms with van der Waals surface area (Å²) in [5, 5.41) is 17.4. The molecule has 22 heavy (non-hydrogen) atoms. The van der Waals surface area contributed by atoms with Gasteiger partial charge < -0.3 is 0 Å². The Kier molecular flexibility index (Phi) is 3.55. The molecule has 0 atom stereocenters. The van der Waals surface area contributed by atoms with Crippen LogP contribution in [0, 0.1) is 11.3 Å². The molecular weight excluding hydrogens is 292 g/mol. The van der Waals surface area contributed by atoms with Gasteiger partial charge in [-0.25, -0.2) is 4.98 Å². The Morgan fingerprint density at radius 2 is 2.09 bits per heavy atom. The topological polar surface area (TPSA) is 65.4 Å². The Morgan fingerprint density at radius 3 is 2.77 bits per heavy atom. The Hall–Kier alpha value is -2.45. The van der Waals surface area contributed by atoms with Crippen LogP contribution >= 0.6 is 11.3 Å². The maximum Gasteiger partial charge on any atom is 0.135 e. The molecule has 2 heterocycles. The Labute approximate surface area is 133 Å². The molecule has 3 aromatic rings. The quantitative estimate of drug-likeness (QED) is 0.714. The predicted octanol–water partition coefficient (Wildman–Crippen LogP) is 4.38. The minimum Gasteiger partial charge on any atom is -0.281 e. The van der Waals surface area contributed by atoms with E-state index >= 15 is 0 Å². The third-order valence-electron chi connectivity index (χ3n) is 3.36. The van der Waals surface area contributed by atoms with Gasteiger partial charge in [-0.2, -0.15) is 10.4 Å². The summed E-state index contributed by atoms with van der Waals surface area (Å²) in [7, 11) is 0. The fourth-order valence-corrected chi connectivity index (χ4v) is 3.22. The van der Waals surface area contributed by atoms with Gasteiger partial charge in [0.25, 0.3) is 0 Å². The zero-order valence-electron chi connectivity index (χ0n) is 12.7. The number of H-pyrrole nitrogens is 1. The fourth-order valence-electron chi connectivity index (χ4n) is 2.29. The number of thiazole rings is 1. The number of para-hydroxylation sites is 1. The molecule has 5 heteroatoms. The number of aromatic nitrogens is 3. The van der Waals surface area contributed by atoms with Crippen LogP contribution in [0.4, 0.5) is 0 Å². The van der Waals surface area contributed by atoms with Crippen LogP contribution in [0.15, 0.2) is 30.5 Å². The molecule has 2 aromatic heterocycles. The first-order valence-electron chi connectivity index (χ1n) is 7.00. The van der Waals surface area contributed by atoms with Crippen LogP contribution < -0.4 is 0 Å². The highest BCUT2D eigenvalue weighted by molar-refractivity contribution is 7.19. The molecule has 0 radical (unpaired) electrons. The molecule has 0 aliphatic carbocycles. The summed E-state index contributed by atoms with van der Waals surface area (Å²) in [6, 6.07) is 10.2. The van der Waals surface area contributed by atoms with Crippen molar-refractivity contribution in [1.82, 2.24) is 15.2 Å². The number of aromatic amines is 1. The van der Waals surface area contributed by atoms with E-state index in [0.29, 0.717) is 5.57 Å². The highest BCUT2D eigenvalue weighted by Gasteiger charge is 2.20. The van der Waals surface area contributed by atoms with Crippen LogP contribution in [0.3, 0.4) is 0 Å². The molecule has 4 nitrogen and oxygen atoms in total. The van der Waals surface area contributed by atoms with Gasteiger partial charge in [-0.15, -0.1) is 11.3 Å². The van der Waals surface area contributed by atoms with E-state index in [1.54, 1.807) is 6.20 Å². The summed E-state index contributed by atoms with van der Waals surface area (Å²) < 4.78 is 1.09. The summed E-state index contributed by atoms with van der Waals surface area (Å²) in [6.07, 6.45) is 3.62. The van der Waals surface area contributed by atoms with E-state index in [9.17, 15) is 5.26 Å². The lowest BCUT2D eigenvalue weighted by Gasteiger charge is -2.17. The van der Waals surface area contributed by atoms with Crippen molar-refractivity contribution in [2.75, 3.05) is 0 Å². The second kappa shape index (κ2) is 5.39. The van der Waals surface area contributed by atoms with Crippen LogP contribution in [0.2, 0.25) is 0 Å². The number of nitrogens with zero attached hydrogens (tertiary/aromatic N) is 3. The van der Waals surface area contributed by atoms with Gasteiger partial charge in [-0.05, 0) is 18.2 Å². The van der Waals surface area contributed by atoms with Crippen LogP contribution in [0.1, 0.15) is 37.0 Å². The van der Waals surface area contributed by atoms with E-state index in [-0.39, 0.29) is 5.41 Å². The van der Waals surface area contributed by atoms with Crippen LogP contribution in [-0.4, -0.2) is 15.2 Å². The van der Waals surface area contributed by atoms with E-state index in [2.05, 4.69) is 42.0 Å². The molecule has 0 saturated carbocycles. The number of rotatable bonds is 2. The number of hydrogen-bond donors (Lipinski definition) is 1. The number of fused-ring (bicyclic) bond motifs is 1. The normalized spacial score (nSPS) is 12.5. The van der Waals surface area contributed by atoms with Crippen molar-refractivity contribution in [3.8, 4) is 6.07 Å². The van der Waals surface area contributed by atoms with E-state index < -0.39 is 0 Å². The number of benzene rings is 1. The number of nitriles is 1. The fraction of sp³-hybridized carbons (Fsp3) is 0.235. The highest BCUT2D eigenvalue weighted by Crippen LogP contribution is 2.30. The zero-order valence-corrected chi connectivity index (χ0v) is 13.5. The monoisotopic (exact) mass is 308 g/mol. The molecule has 1 aromatic carbocycles. The van der Waals surface area contributed by atoms with E-state index in [1.165, 1.54) is 11.3 Å². The molecule has 3 rings (SSSR count). The Bertz CT molecular complexity index is 854. The van der Waals surface area contributed by atoms with Gasteiger partial charge in [0, 0.05) is 16.7 Å². The summed E-state index contributed by atoms with van der Waals surface area (Å²) >= 11 is 1.53. The molecule has 0 aliphatic heterocycles. The highest BCUT2D eigenvalue weighted by atomic mass is 32.1. The molecule has 0 saturated heterocycles. The van der Waals surface area contributed by atoms with Crippen molar-refractivity contribution in [2.24, 2.45) is 0 Å². The lowest BCUT2D eigenvalue weighted by molar-refractivity contribution is 0.566. The average Bonchev–Trinajstić information content (AvgIpc) is 3.10. The standard InChI is InChI=1S/C17H16N4S/c1-17(2,3)15-12(10-19-21-15)8-11(9-18)16-20-13-6-4-5-7-14(13)22-16/h4-8,10H,1-3H3,(H,19,21)/b11-8+. The summed E-state index contributed by atoms with van der Waals surface area (Å²) in [5.41, 5.74) is 3.38. The predicted molar refractivity (Wildman–Crippen MR) is 90.4 cm³/mol. The largest absolute Gasteiger partial charge is 0.281 e. The summed E-state index contributed by atoms with van der Waals surface area (Å²) in [4.78, 5) is 4.55. The first-order valence-corrected chi connectivity index (χ1v) is 7.82. The molecule has 110 valence electrons. The van der Waals surface area contributed by atoms with E-state index in [0.717, 1.165) is 26.5 Å². The van der Waals surface area contributed by atoms with E-state index in [4.69, 9.17) is 0 Å². The van der Waals surface area contributed by atoms with Crippen LogP contribution in [-0.2, 0) is 5.41 Å². The third kappa shape index (κ3) is 2.66. The maximum absolute atomic E-state index is 9.51. The molecular formula is C17H16N4S. The summed E-state index contributed by atoms with van der Waals surface area (Å²) in [6.45, 7) is 6.34. The van der Waals surface area contributed by atoms with Gasteiger partial charge in [0.15, 0.2) is 0 Å². The average molecular weight is 308 g/mol. The second-order valence-electron chi connectivity index (χ2n) is 6.11. The van der Waals surface area contributed by atoms with Crippen LogP contribution in [0.25, 0.3) is 21.9 Å². The zero-order chi connectivity index (χ0) is 15.7. The van der Waals surface area contributed by atoms with Gasteiger partial charge in [-0.3, -0.25) is 5.10 Å². The van der Waals surface area contributed by atoms with E-state index in [1.807, 2.05) is 30.3 Å². The van der Waals surface area contributed by atoms with Crippen molar-refractivity contribution >= 4 is 33.2 Å². The second-order valence-corrected chi connectivity index (χ2v) is 7.14. The van der Waals surface area contributed by atoms with Crippen molar-refractivity contribution in [1.29, 1.82) is 5.26 Å². The van der Waals surface area contributed by atoms with Gasteiger partial charge in [0.1, 0.15) is 11.1 Å². The number of hydrogen-bond acceptors (Lipinski definition) is 4. The lowest BCUT2D eigenvalue weighted by Crippen LogP contribution is -2.13. The van der Waals surface area contributed by atoms with Gasteiger partial charge in [0.05, 0.1) is 22.0 Å². The molecule has 1 N–H and O–H groups in total.